The smallest absolute Gasteiger partial charge is 0.313 e. The van der Waals surface area contributed by atoms with E-state index >= 15 is 0 Å². The van der Waals surface area contributed by atoms with E-state index in [1.165, 1.54) is 26.9 Å². The molecule has 6 aromatic rings. The number of benzene rings is 5. The van der Waals surface area contributed by atoms with Gasteiger partial charge in [-0.05, 0) is 43.4 Å². The summed E-state index contributed by atoms with van der Waals surface area (Å²) in [6.07, 6.45) is 1.54. The minimum Gasteiger partial charge on any atom is -0.313 e. The van der Waals surface area contributed by atoms with Gasteiger partial charge < -0.3 is 4.98 Å². The Balaban J connectivity index is 1.63. The normalized spacial score (nSPS) is 11.6. The monoisotopic (exact) mass is 402 g/mol. The van der Waals surface area contributed by atoms with Gasteiger partial charge in [-0.15, -0.1) is 0 Å². The Labute approximate surface area is 177 Å². The molecule has 0 amide bonds. The van der Waals surface area contributed by atoms with Crippen LogP contribution in [0.1, 0.15) is 5.56 Å². The van der Waals surface area contributed by atoms with Crippen molar-refractivity contribution in [3.63, 3.8) is 0 Å². The molecular weight excluding hydrogens is 384 g/mol. The third-order valence-electron chi connectivity index (χ3n) is 6.06. The van der Waals surface area contributed by atoms with E-state index in [9.17, 15) is 9.59 Å². The topological polar surface area (TPSA) is 54.9 Å². The van der Waals surface area contributed by atoms with Crippen molar-refractivity contribution in [2.45, 2.75) is 6.54 Å². The summed E-state index contributed by atoms with van der Waals surface area (Å²) in [4.78, 5) is 28.6. The Morgan fingerprint density at radius 3 is 2.10 bits per heavy atom. The van der Waals surface area contributed by atoms with Crippen LogP contribution in [0.25, 0.3) is 43.4 Å². The summed E-state index contributed by atoms with van der Waals surface area (Å²) < 4.78 is 1.27. The van der Waals surface area contributed by atoms with Gasteiger partial charge in [0.2, 0.25) is 0 Å². The maximum Gasteiger partial charge on any atom is 0.328 e. The molecule has 31 heavy (non-hydrogen) atoms. The number of hydrogen-bond acceptors (Lipinski definition) is 2. The molecule has 0 spiro atoms. The Hall–Kier alpha value is -4.18. The van der Waals surface area contributed by atoms with Gasteiger partial charge >= 0.3 is 5.69 Å². The zero-order valence-corrected chi connectivity index (χ0v) is 16.6. The lowest BCUT2D eigenvalue weighted by molar-refractivity contribution is 0.701. The van der Waals surface area contributed by atoms with E-state index < -0.39 is 5.69 Å². The van der Waals surface area contributed by atoms with Gasteiger partial charge in [0.1, 0.15) is 0 Å². The van der Waals surface area contributed by atoms with E-state index in [0.717, 1.165) is 27.3 Å². The van der Waals surface area contributed by atoms with Crippen LogP contribution in [0.5, 0.6) is 0 Å². The van der Waals surface area contributed by atoms with Gasteiger partial charge in [-0.3, -0.25) is 9.36 Å². The first kappa shape index (κ1) is 17.7. The minimum absolute atomic E-state index is 0.231. The number of hydrogen-bond donors (Lipinski definition) is 1. The molecule has 0 aliphatic heterocycles. The number of aromatic nitrogens is 2. The third-order valence-corrected chi connectivity index (χ3v) is 6.06. The average molecular weight is 402 g/mol. The fraction of sp³-hybridized carbons (Fsp3) is 0.0370. The summed E-state index contributed by atoms with van der Waals surface area (Å²) in [5.41, 5.74) is 1.53. The minimum atomic E-state index is -0.407. The van der Waals surface area contributed by atoms with Crippen LogP contribution in [-0.4, -0.2) is 9.55 Å². The van der Waals surface area contributed by atoms with Crippen LogP contribution in [0.15, 0.2) is 101 Å². The summed E-state index contributed by atoms with van der Waals surface area (Å²) in [6.45, 7) is 0.231. The number of aromatic amines is 1. The van der Waals surface area contributed by atoms with Crippen LogP contribution in [-0.2, 0) is 6.54 Å². The van der Waals surface area contributed by atoms with Gasteiger partial charge in [0.15, 0.2) is 0 Å². The second-order valence-electron chi connectivity index (χ2n) is 7.85. The Bertz CT molecular complexity index is 1680. The maximum absolute atomic E-state index is 13.4. The molecule has 0 unspecified atom stereocenters. The van der Waals surface area contributed by atoms with Crippen molar-refractivity contribution in [1.29, 1.82) is 0 Å². The summed E-state index contributed by atoms with van der Waals surface area (Å²) in [5, 5.41) is 6.85. The molecule has 0 radical (unpaired) electrons. The predicted octanol–water partition coefficient (Wildman–Crippen LogP) is 5.15. The van der Waals surface area contributed by atoms with E-state index in [4.69, 9.17) is 0 Å². The molecule has 1 N–H and O–H groups in total. The lowest BCUT2D eigenvalue weighted by atomic mass is 9.90. The molecule has 0 fully saturated rings. The highest BCUT2D eigenvalue weighted by Crippen LogP contribution is 2.38. The SMILES string of the molecule is O=c1[nH]cc(-c2ccc3ccc4cccc5ccc2c3c45)c(=O)n1Cc1ccccc1. The van der Waals surface area contributed by atoms with Crippen LogP contribution in [0.4, 0.5) is 0 Å². The molecule has 6 rings (SSSR count). The van der Waals surface area contributed by atoms with Gasteiger partial charge in [0, 0.05) is 6.20 Å². The number of nitrogens with zero attached hydrogens (tertiary/aromatic N) is 1. The number of rotatable bonds is 3. The van der Waals surface area contributed by atoms with Crippen LogP contribution >= 0.6 is 0 Å². The standard InChI is InChI=1S/C27H18N2O2/c30-26-23(15-28-27(31)29(26)16-17-5-2-1-3-6-17)21-13-11-20-10-9-18-7-4-8-19-12-14-22(21)25(20)24(18)19/h1-15H,16H2,(H,28,31). The van der Waals surface area contributed by atoms with E-state index in [1.54, 1.807) is 0 Å². The summed E-state index contributed by atoms with van der Waals surface area (Å²) in [6, 6.07) is 28.3. The second kappa shape index (κ2) is 6.67. The summed E-state index contributed by atoms with van der Waals surface area (Å²) >= 11 is 0. The second-order valence-corrected chi connectivity index (χ2v) is 7.85. The van der Waals surface area contributed by atoms with Crippen molar-refractivity contribution in [2.75, 3.05) is 0 Å². The van der Waals surface area contributed by atoms with E-state index in [0.29, 0.717) is 5.56 Å². The molecule has 0 atom stereocenters. The maximum atomic E-state index is 13.4. The van der Waals surface area contributed by atoms with Crippen LogP contribution < -0.4 is 11.2 Å². The molecule has 5 aromatic carbocycles. The van der Waals surface area contributed by atoms with Gasteiger partial charge in [-0.1, -0.05) is 84.9 Å². The van der Waals surface area contributed by atoms with Crippen LogP contribution in [0.2, 0.25) is 0 Å². The molecule has 0 aliphatic carbocycles. The van der Waals surface area contributed by atoms with Crippen molar-refractivity contribution in [3.05, 3.63) is 118 Å². The fourth-order valence-corrected chi connectivity index (χ4v) is 4.58. The Kier molecular flexibility index (Phi) is 3.80. The summed E-state index contributed by atoms with van der Waals surface area (Å²) in [5.74, 6) is 0. The van der Waals surface area contributed by atoms with Crippen molar-refractivity contribution in [2.24, 2.45) is 0 Å². The summed E-state index contributed by atoms with van der Waals surface area (Å²) in [7, 11) is 0. The zero-order chi connectivity index (χ0) is 20.9. The van der Waals surface area contributed by atoms with E-state index in [2.05, 4.69) is 53.5 Å². The largest absolute Gasteiger partial charge is 0.328 e. The van der Waals surface area contributed by atoms with Crippen molar-refractivity contribution in [3.8, 4) is 11.1 Å². The molecule has 148 valence electrons. The van der Waals surface area contributed by atoms with Gasteiger partial charge in [-0.25, -0.2) is 4.79 Å². The quantitative estimate of drug-likeness (QED) is 0.416. The highest BCUT2D eigenvalue weighted by Gasteiger charge is 2.15. The van der Waals surface area contributed by atoms with Crippen LogP contribution in [0, 0.1) is 0 Å². The molecule has 0 saturated carbocycles. The molecule has 1 heterocycles. The van der Waals surface area contributed by atoms with Crippen molar-refractivity contribution >= 4 is 32.3 Å². The highest BCUT2D eigenvalue weighted by molar-refractivity contribution is 6.25. The lowest BCUT2D eigenvalue weighted by Crippen LogP contribution is -2.35. The Morgan fingerprint density at radius 2 is 1.32 bits per heavy atom. The average Bonchev–Trinajstić information content (AvgIpc) is 2.81. The first-order chi connectivity index (χ1) is 15.2. The van der Waals surface area contributed by atoms with Gasteiger partial charge in [0.25, 0.3) is 5.56 Å². The predicted molar refractivity (Wildman–Crippen MR) is 126 cm³/mol. The first-order valence-corrected chi connectivity index (χ1v) is 10.2. The van der Waals surface area contributed by atoms with E-state index in [1.807, 2.05) is 36.4 Å². The van der Waals surface area contributed by atoms with Crippen molar-refractivity contribution < 1.29 is 0 Å². The number of H-pyrrole nitrogens is 1. The molecule has 0 aliphatic rings. The molecule has 0 saturated heterocycles. The molecule has 4 nitrogen and oxygen atoms in total. The van der Waals surface area contributed by atoms with Gasteiger partial charge in [-0.2, -0.15) is 0 Å². The molecular formula is C27H18N2O2. The van der Waals surface area contributed by atoms with Crippen LogP contribution in [0.3, 0.4) is 0 Å². The molecule has 1 aromatic heterocycles. The zero-order valence-electron chi connectivity index (χ0n) is 16.6. The van der Waals surface area contributed by atoms with E-state index in [-0.39, 0.29) is 12.1 Å². The lowest BCUT2D eigenvalue weighted by Gasteiger charge is -2.14. The molecule has 0 bridgehead atoms. The highest BCUT2D eigenvalue weighted by atomic mass is 16.2. The fourth-order valence-electron chi connectivity index (χ4n) is 4.58. The Morgan fingerprint density at radius 1 is 0.645 bits per heavy atom. The third kappa shape index (κ3) is 2.69. The number of nitrogens with one attached hydrogen (secondary N) is 1. The van der Waals surface area contributed by atoms with Gasteiger partial charge in [0.05, 0.1) is 12.1 Å². The first-order valence-electron chi connectivity index (χ1n) is 10.2. The molecule has 4 heteroatoms. The van der Waals surface area contributed by atoms with Crippen molar-refractivity contribution in [1.82, 2.24) is 9.55 Å².